The van der Waals surface area contributed by atoms with Gasteiger partial charge >= 0.3 is 0 Å². The fourth-order valence-corrected chi connectivity index (χ4v) is 1.68. The fourth-order valence-electron chi connectivity index (χ4n) is 1.68. The molecule has 0 bridgehead atoms. The lowest BCUT2D eigenvalue weighted by Crippen LogP contribution is -2.08. The summed E-state index contributed by atoms with van der Waals surface area (Å²) in [6.07, 6.45) is 5.59. The van der Waals surface area contributed by atoms with Crippen molar-refractivity contribution in [2.75, 3.05) is 0 Å². The third-order valence-corrected chi connectivity index (χ3v) is 2.55. The molecule has 2 aromatic heterocycles. The lowest BCUT2D eigenvalue weighted by Gasteiger charge is -2.00. The molecule has 16 heavy (non-hydrogen) atoms. The summed E-state index contributed by atoms with van der Waals surface area (Å²) in [5, 5.41) is 4.15. The largest absolute Gasteiger partial charge is 0.338 e. The van der Waals surface area contributed by atoms with Gasteiger partial charge in [0.2, 0.25) is 0 Å². The molecule has 5 heteroatoms. The van der Waals surface area contributed by atoms with E-state index >= 15 is 0 Å². The number of nitrogens with zero attached hydrogens (tertiary/aromatic N) is 4. The van der Waals surface area contributed by atoms with E-state index in [-0.39, 0.29) is 5.78 Å². The molecule has 0 aromatic carbocycles. The second-order valence-electron chi connectivity index (χ2n) is 3.86. The molecule has 5 nitrogen and oxygen atoms in total. The molecule has 0 N–H and O–H groups in total. The Bertz CT molecular complexity index is 524. The molecule has 0 saturated carbocycles. The van der Waals surface area contributed by atoms with E-state index in [1.54, 1.807) is 17.1 Å². The molecule has 2 heterocycles. The Balaban J connectivity index is 2.21. The van der Waals surface area contributed by atoms with Crippen molar-refractivity contribution < 1.29 is 4.79 Å². The van der Waals surface area contributed by atoms with Crippen molar-refractivity contribution in [2.45, 2.75) is 13.3 Å². The van der Waals surface area contributed by atoms with Gasteiger partial charge in [-0.25, -0.2) is 4.98 Å². The van der Waals surface area contributed by atoms with Crippen LogP contribution in [0.2, 0.25) is 0 Å². The Morgan fingerprint density at radius 2 is 2.19 bits per heavy atom. The van der Waals surface area contributed by atoms with E-state index in [1.165, 1.54) is 0 Å². The van der Waals surface area contributed by atoms with E-state index in [4.69, 9.17) is 0 Å². The lowest BCUT2D eigenvalue weighted by atomic mass is 10.1. The first-order valence-corrected chi connectivity index (χ1v) is 5.07. The standard InChI is InChI=1S/C11H14N4O/c1-8-9(7-15(3)13-8)10(16)6-11-12-4-5-14(11)2/h4-5,7H,6H2,1-3H3. The molecular weight excluding hydrogens is 204 g/mol. The van der Waals surface area contributed by atoms with Gasteiger partial charge in [-0.15, -0.1) is 0 Å². The number of hydrogen-bond acceptors (Lipinski definition) is 3. The molecule has 0 amide bonds. The Morgan fingerprint density at radius 3 is 2.69 bits per heavy atom. The van der Waals surface area contributed by atoms with Gasteiger partial charge < -0.3 is 4.57 Å². The highest BCUT2D eigenvalue weighted by Gasteiger charge is 2.14. The van der Waals surface area contributed by atoms with E-state index in [9.17, 15) is 4.79 Å². The van der Waals surface area contributed by atoms with Gasteiger partial charge in [0, 0.05) is 32.7 Å². The van der Waals surface area contributed by atoms with E-state index in [0.717, 1.165) is 11.5 Å². The summed E-state index contributed by atoms with van der Waals surface area (Å²) in [5.74, 6) is 0.827. The molecule has 0 radical (unpaired) electrons. The number of Topliss-reactive ketones (excluding diaryl/α,β-unsaturated/α-hetero) is 1. The van der Waals surface area contributed by atoms with E-state index in [0.29, 0.717) is 12.0 Å². The SMILES string of the molecule is Cc1nn(C)cc1C(=O)Cc1nccn1C. The number of carbonyl (C=O) groups excluding carboxylic acids is 1. The van der Waals surface area contributed by atoms with Crippen molar-refractivity contribution in [3.63, 3.8) is 0 Å². The zero-order chi connectivity index (χ0) is 11.7. The summed E-state index contributed by atoms with van der Waals surface area (Å²) in [7, 11) is 3.69. The second-order valence-corrected chi connectivity index (χ2v) is 3.86. The van der Waals surface area contributed by atoms with Crippen LogP contribution < -0.4 is 0 Å². The molecular formula is C11H14N4O. The number of aromatic nitrogens is 4. The predicted octanol–water partition coefficient (Wildman–Crippen LogP) is 0.887. The highest BCUT2D eigenvalue weighted by atomic mass is 16.1. The maximum Gasteiger partial charge on any atom is 0.173 e. The van der Waals surface area contributed by atoms with Crippen molar-refractivity contribution in [1.82, 2.24) is 19.3 Å². The number of carbonyl (C=O) groups is 1. The van der Waals surface area contributed by atoms with E-state index in [1.807, 2.05) is 31.8 Å². The van der Waals surface area contributed by atoms with Crippen LogP contribution in [0.3, 0.4) is 0 Å². The maximum absolute atomic E-state index is 12.0. The molecule has 0 fully saturated rings. The van der Waals surface area contributed by atoms with E-state index < -0.39 is 0 Å². The van der Waals surface area contributed by atoms with Crippen LogP contribution in [0, 0.1) is 6.92 Å². The highest BCUT2D eigenvalue weighted by molar-refractivity contribution is 5.97. The molecule has 2 aromatic rings. The second kappa shape index (κ2) is 3.92. The summed E-state index contributed by atoms with van der Waals surface area (Å²) >= 11 is 0. The first-order chi connectivity index (χ1) is 7.58. The summed E-state index contributed by atoms with van der Waals surface area (Å²) in [4.78, 5) is 16.1. The Labute approximate surface area is 93.7 Å². The third-order valence-electron chi connectivity index (χ3n) is 2.55. The summed E-state index contributed by atoms with van der Waals surface area (Å²) in [5.41, 5.74) is 1.44. The van der Waals surface area contributed by atoms with Crippen molar-refractivity contribution in [1.29, 1.82) is 0 Å². The minimum atomic E-state index is 0.0555. The molecule has 0 saturated heterocycles. The number of rotatable bonds is 3. The van der Waals surface area contributed by atoms with Crippen molar-refractivity contribution >= 4 is 5.78 Å². The molecule has 2 rings (SSSR count). The average molecular weight is 218 g/mol. The van der Waals surface area contributed by atoms with Gasteiger partial charge in [-0.2, -0.15) is 5.10 Å². The van der Waals surface area contributed by atoms with Crippen LogP contribution in [0.1, 0.15) is 21.9 Å². The van der Waals surface area contributed by atoms with Crippen LogP contribution in [0.15, 0.2) is 18.6 Å². The quantitative estimate of drug-likeness (QED) is 0.719. The van der Waals surface area contributed by atoms with E-state index in [2.05, 4.69) is 10.1 Å². The van der Waals surface area contributed by atoms with Gasteiger partial charge in [0.25, 0.3) is 0 Å². The monoisotopic (exact) mass is 218 g/mol. The lowest BCUT2D eigenvalue weighted by molar-refractivity contribution is 0.0989. The van der Waals surface area contributed by atoms with Gasteiger partial charge in [-0.1, -0.05) is 0 Å². The van der Waals surface area contributed by atoms with Crippen molar-refractivity contribution in [3.05, 3.63) is 35.7 Å². The number of hydrogen-bond donors (Lipinski definition) is 0. The minimum absolute atomic E-state index is 0.0555. The van der Waals surface area contributed by atoms with Crippen LogP contribution in [-0.4, -0.2) is 25.1 Å². The van der Waals surface area contributed by atoms with Crippen LogP contribution in [0.25, 0.3) is 0 Å². The summed E-state index contributed by atoms with van der Waals surface area (Å²) in [6, 6.07) is 0. The highest BCUT2D eigenvalue weighted by Crippen LogP contribution is 2.09. The molecule has 84 valence electrons. The average Bonchev–Trinajstić information content (AvgIpc) is 2.74. The normalized spacial score (nSPS) is 10.7. The molecule has 0 atom stereocenters. The number of imidazole rings is 1. The van der Waals surface area contributed by atoms with Gasteiger partial charge in [-0.3, -0.25) is 9.48 Å². The minimum Gasteiger partial charge on any atom is -0.338 e. The van der Waals surface area contributed by atoms with Crippen molar-refractivity contribution in [2.24, 2.45) is 14.1 Å². The van der Waals surface area contributed by atoms with Gasteiger partial charge in [0.15, 0.2) is 5.78 Å². The van der Waals surface area contributed by atoms with Crippen LogP contribution in [-0.2, 0) is 20.5 Å². The zero-order valence-electron chi connectivity index (χ0n) is 9.64. The topological polar surface area (TPSA) is 52.7 Å². The zero-order valence-corrected chi connectivity index (χ0v) is 9.64. The van der Waals surface area contributed by atoms with Crippen molar-refractivity contribution in [3.8, 4) is 0 Å². The Kier molecular flexibility index (Phi) is 2.60. The summed E-state index contributed by atoms with van der Waals surface area (Å²) < 4.78 is 3.50. The van der Waals surface area contributed by atoms with Gasteiger partial charge in [-0.05, 0) is 6.92 Å². The Hall–Kier alpha value is -1.91. The third kappa shape index (κ3) is 1.88. The smallest absolute Gasteiger partial charge is 0.173 e. The predicted molar refractivity (Wildman–Crippen MR) is 59.2 cm³/mol. The molecule has 0 aliphatic carbocycles. The molecule has 0 aliphatic heterocycles. The first-order valence-electron chi connectivity index (χ1n) is 5.07. The maximum atomic E-state index is 12.0. The number of aryl methyl sites for hydroxylation is 3. The van der Waals surface area contributed by atoms with Crippen LogP contribution in [0.4, 0.5) is 0 Å². The van der Waals surface area contributed by atoms with Gasteiger partial charge in [0.05, 0.1) is 17.7 Å². The fraction of sp³-hybridized carbons (Fsp3) is 0.364. The molecule has 0 spiro atoms. The number of ketones is 1. The van der Waals surface area contributed by atoms with Crippen LogP contribution in [0.5, 0.6) is 0 Å². The van der Waals surface area contributed by atoms with Crippen LogP contribution >= 0.6 is 0 Å². The Morgan fingerprint density at radius 1 is 1.44 bits per heavy atom. The van der Waals surface area contributed by atoms with Gasteiger partial charge in [0.1, 0.15) is 5.82 Å². The molecule has 0 aliphatic rings. The summed E-state index contributed by atoms with van der Waals surface area (Å²) in [6.45, 7) is 1.84. The first kappa shape index (κ1) is 10.6. The molecule has 0 unspecified atom stereocenters.